The van der Waals surface area contributed by atoms with Crippen LogP contribution in [0.4, 0.5) is 9.59 Å². The molecule has 0 aliphatic rings. The number of carboxylic acid groups (broad SMARTS) is 1. The highest BCUT2D eigenvalue weighted by molar-refractivity contribution is 5.88. The Labute approximate surface area is 210 Å². The number of rotatable bonds is 10. The second-order valence-corrected chi connectivity index (χ2v) is 9.84. The molecule has 12 heteroatoms. The number of hydrogen-bond acceptors (Lipinski definition) is 8. The van der Waals surface area contributed by atoms with E-state index in [9.17, 15) is 29.1 Å². The van der Waals surface area contributed by atoms with Crippen molar-refractivity contribution in [3.63, 3.8) is 0 Å². The van der Waals surface area contributed by atoms with Crippen molar-refractivity contribution >= 4 is 30.0 Å². The summed E-state index contributed by atoms with van der Waals surface area (Å²) in [5, 5.41) is 16.1. The third-order valence-corrected chi connectivity index (χ3v) is 4.08. The van der Waals surface area contributed by atoms with Crippen LogP contribution in [0.25, 0.3) is 0 Å². The summed E-state index contributed by atoms with van der Waals surface area (Å²) in [6.07, 6.45) is -2.48. The Bertz CT molecular complexity index is 921. The van der Waals surface area contributed by atoms with E-state index in [4.69, 9.17) is 14.2 Å². The van der Waals surface area contributed by atoms with Crippen molar-refractivity contribution < 1.29 is 43.3 Å². The van der Waals surface area contributed by atoms with Gasteiger partial charge in [-0.3, -0.25) is 4.79 Å². The molecule has 0 saturated heterocycles. The lowest BCUT2D eigenvalue weighted by Gasteiger charge is -2.26. The molecule has 0 fully saturated rings. The van der Waals surface area contributed by atoms with Crippen LogP contribution in [-0.2, 0) is 35.2 Å². The topological polar surface area (TPSA) is 169 Å². The number of alkyl carbamates (subject to hydrolysis) is 2. The zero-order chi connectivity index (χ0) is 27.5. The van der Waals surface area contributed by atoms with Crippen LogP contribution in [0.2, 0.25) is 0 Å². The first-order valence-electron chi connectivity index (χ1n) is 11.2. The van der Waals surface area contributed by atoms with Crippen LogP contribution >= 0.6 is 0 Å². The van der Waals surface area contributed by atoms with Crippen molar-refractivity contribution in [1.82, 2.24) is 16.0 Å². The molecule has 2 atom stereocenters. The maximum Gasteiger partial charge on any atom is 0.408 e. The fourth-order valence-corrected chi connectivity index (χ4v) is 2.60. The van der Waals surface area contributed by atoms with Crippen molar-refractivity contribution in [2.75, 3.05) is 6.54 Å². The summed E-state index contributed by atoms with van der Waals surface area (Å²) in [5.74, 6) is -3.06. The van der Waals surface area contributed by atoms with E-state index >= 15 is 0 Å². The van der Waals surface area contributed by atoms with Crippen LogP contribution in [0.15, 0.2) is 30.3 Å². The van der Waals surface area contributed by atoms with Gasteiger partial charge in [-0.1, -0.05) is 30.3 Å². The molecule has 1 aromatic rings. The standard InChI is InChI=1S/C24H35N3O9/c1-23(2,3)35-20(31)16(26-22(33)36-24(4,5)6)12-18(28)25-13-17(19(29)30)27-21(32)34-14-15-10-8-7-9-11-15/h7-11,16-17H,12-14H2,1-6H3,(H,25,28)(H,26,33)(H,27,32)(H,29,30). The first kappa shape index (κ1) is 30.2. The third-order valence-electron chi connectivity index (χ3n) is 4.08. The molecule has 12 nitrogen and oxygen atoms in total. The molecule has 0 aliphatic carbocycles. The van der Waals surface area contributed by atoms with Gasteiger partial charge in [0.2, 0.25) is 5.91 Å². The molecule has 0 radical (unpaired) electrons. The molecule has 1 rings (SSSR count). The van der Waals surface area contributed by atoms with Gasteiger partial charge in [-0.05, 0) is 47.1 Å². The Morgan fingerprint density at radius 2 is 1.39 bits per heavy atom. The molecule has 200 valence electrons. The minimum Gasteiger partial charge on any atom is -0.480 e. The fourth-order valence-electron chi connectivity index (χ4n) is 2.60. The highest BCUT2D eigenvalue weighted by atomic mass is 16.6. The number of carbonyl (C=O) groups excluding carboxylic acids is 4. The maximum atomic E-state index is 12.5. The average molecular weight is 510 g/mol. The highest BCUT2D eigenvalue weighted by Crippen LogP contribution is 2.12. The zero-order valence-electron chi connectivity index (χ0n) is 21.4. The Morgan fingerprint density at radius 3 is 1.92 bits per heavy atom. The summed E-state index contributed by atoms with van der Waals surface area (Å²) in [5.41, 5.74) is -1.03. The molecule has 1 aromatic carbocycles. The lowest BCUT2D eigenvalue weighted by atomic mass is 10.1. The molecule has 0 saturated carbocycles. The van der Waals surface area contributed by atoms with E-state index in [0.29, 0.717) is 5.56 Å². The summed E-state index contributed by atoms with van der Waals surface area (Å²) < 4.78 is 15.4. The molecule has 0 heterocycles. The van der Waals surface area contributed by atoms with Gasteiger partial charge in [0.15, 0.2) is 0 Å². The quantitative estimate of drug-likeness (QED) is 0.272. The zero-order valence-corrected chi connectivity index (χ0v) is 21.4. The Hall–Kier alpha value is -3.83. The molecule has 0 spiro atoms. The van der Waals surface area contributed by atoms with Gasteiger partial charge in [-0.25, -0.2) is 19.2 Å². The molecule has 0 bridgehead atoms. The van der Waals surface area contributed by atoms with E-state index < -0.39 is 66.3 Å². The fraction of sp³-hybridized carbons (Fsp3) is 0.542. The number of ether oxygens (including phenoxy) is 3. The highest BCUT2D eigenvalue weighted by Gasteiger charge is 2.31. The molecule has 0 aliphatic heterocycles. The first-order valence-corrected chi connectivity index (χ1v) is 11.2. The summed E-state index contributed by atoms with van der Waals surface area (Å²) in [6.45, 7) is 9.19. The number of carbonyl (C=O) groups is 5. The van der Waals surface area contributed by atoms with Crippen LogP contribution in [0.1, 0.15) is 53.5 Å². The van der Waals surface area contributed by atoms with Crippen molar-refractivity contribution in [3.8, 4) is 0 Å². The number of amides is 3. The normalized spacial score (nSPS) is 12.9. The number of aliphatic carboxylic acids is 1. The number of benzene rings is 1. The molecule has 3 amide bonds. The largest absolute Gasteiger partial charge is 0.480 e. The summed E-state index contributed by atoms with van der Waals surface area (Å²) in [4.78, 5) is 60.6. The third kappa shape index (κ3) is 13.2. The van der Waals surface area contributed by atoms with E-state index in [1.165, 1.54) is 0 Å². The minimum atomic E-state index is -1.50. The van der Waals surface area contributed by atoms with E-state index in [1.807, 2.05) is 0 Å². The smallest absolute Gasteiger partial charge is 0.408 e. The number of hydrogen-bond donors (Lipinski definition) is 4. The maximum absolute atomic E-state index is 12.5. The van der Waals surface area contributed by atoms with Gasteiger partial charge in [0.1, 0.15) is 29.9 Å². The molecule has 0 aromatic heterocycles. The SMILES string of the molecule is CC(C)(C)OC(=O)NC(CC(=O)NCC(NC(=O)OCc1ccccc1)C(=O)O)C(=O)OC(C)(C)C. The van der Waals surface area contributed by atoms with E-state index in [2.05, 4.69) is 16.0 Å². The van der Waals surface area contributed by atoms with E-state index in [0.717, 1.165) is 0 Å². The van der Waals surface area contributed by atoms with Gasteiger partial charge in [-0.2, -0.15) is 0 Å². The van der Waals surface area contributed by atoms with Crippen molar-refractivity contribution in [2.24, 2.45) is 0 Å². The molecule has 2 unspecified atom stereocenters. The summed E-state index contributed by atoms with van der Waals surface area (Å²) >= 11 is 0. The van der Waals surface area contributed by atoms with Gasteiger partial charge in [0.05, 0.1) is 6.42 Å². The van der Waals surface area contributed by atoms with Crippen LogP contribution in [0.3, 0.4) is 0 Å². The van der Waals surface area contributed by atoms with Crippen molar-refractivity contribution in [3.05, 3.63) is 35.9 Å². The predicted molar refractivity (Wildman–Crippen MR) is 128 cm³/mol. The van der Waals surface area contributed by atoms with Gasteiger partial charge < -0.3 is 35.3 Å². The lowest BCUT2D eigenvalue weighted by molar-refractivity contribution is -0.158. The number of esters is 1. The van der Waals surface area contributed by atoms with Crippen LogP contribution in [0, 0.1) is 0 Å². The van der Waals surface area contributed by atoms with Gasteiger partial charge in [0, 0.05) is 6.54 Å². The molecule has 4 N–H and O–H groups in total. The van der Waals surface area contributed by atoms with Gasteiger partial charge >= 0.3 is 24.1 Å². The van der Waals surface area contributed by atoms with Gasteiger partial charge in [0.25, 0.3) is 0 Å². The minimum absolute atomic E-state index is 0.0702. The van der Waals surface area contributed by atoms with Crippen LogP contribution in [0.5, 0.6) is 0 Å². The molecule has 36 heavy (non-hydrogen) atoms. The number of carboxylic acids is 1. The van der Waals surface area contributed by atoms with Crippen molar-refractivity contribution in [1.29, 1.82) is 0 Å². The first-order chi connectivity index (χ1) is 16.6. The van der Waals surface area contributed by atoms with E-state index in [1.54, 1.807) is 71.9 Å². The summed E-state index contributed by atoms with van der Waals surface area (Å²) in [6, 6.07) is 5.87. The Balaban J connectivity index is 2.71. The molecular formula is C24H35N3O9. The van der Waals surface area contributed by atoms with Crippen molar-refractivity contribution in [2.45, 2.75) is 77.9 Å². The average Bonchev–Trinajstić information content (AvgIpc) is 2.72. The van der Waals surface area contributed by atoms with Gasteiger partial charge in [-0.15, -0.1) is 0 Å². The van der Waals surface area contributed by atoms with Crippen LogP contribution in [-0.4, -0.2) is 65.0 Å². The second-order valence-electron chi connectivity index (χ2n) is 9.84. The van der Waals surface area contributed by atoms with E-state index in [-0.39, 0.29) is 6.61 Å². The Morgan fingerprint density at radius 1 is 0.833 bits per heavy atom. The lowest BCUT2D eigenvalue weighted by Crippen LogP contribution is -2.51. The number of nitrogens with one attached hydrogen (secondary N) is 3. The summed E-state index contributed by atoms with van der Waals surface area (Å²) in [7, 11) is 0. The molecular weight excluding hydrogens is 474 g/mol. The monoisotopic (exact) mass is 509 g/mol. The van der Waals surface area contributed by atoms with Crippen LogP contribution < -0.4 is 16.0 Å². The predicted octanol–water partition coefficient (Wildman–Crippen LogP) is 2.11. The second kappa shape index (κ2) is 13.3. The Kier molecular flexibility index (Phi) is 11.2.